The van der Waals surface area contributed by atoms with Gasteiger partial charge in [0.1, 0.15) is 5.82 Å². The molecule has 1 unspecified atom stereocenters. The van der Waals surface area contributed by atoms with E-state index in [2.05, 4.69) is 15.6 Å². The van der Waals surface area contributed by atoms with Crippen LogP contribution in [0, 0.1) is 5.82 Å². The maximum atomic E-state index is 12.9. The summed E-state index contributed by atoms with van der Waals surface area (Å²) >= 11 is 0. The Morgan fingerprint density at radius 3 is 2.46 bits per heavy atom. The van der Waals surface area contributed by atoms with E-state index in [-0.39, 0.29) is 35.8 Å². The van der Waals surface area contributed by atoms with Gasteiger partial charge in [0.15, 0.2) is 0 Å². The van der Waals surface area contributed by atoms with Crippen molar-refractivity contribution in [3.05, 3.63) is 65.2 Å². The van der Waals surface area contributed by atoms with E-state index >= 15 is 0 Å². The van der Waals surface area contributed by atoms with Crippen LogP contribution in [0.2, 0.25) is 0 Å². The molecule has 2 amide bonds. The fraction of sp³-hybridized carbons (Fsp3) is 0.316. The van der Waals surface area contributed by atoms with E-state index in [9.17, 15) is 14.0 Å². The van der Waals surface area contributed by atoms with Gasteiger partial charge in [-0.25, -0.2) is 4.39 Å². The lowest BCUT2D eigenvalue weighted by molar-refractivity contribution is 0.0857. The third-order valence-corrected chi connectivity index (χ3v) is 4.14. The molecule has 0 spiro atoms. The highest BCUT2D eigenvalue weighted by molar-refractivity contribution is 5.99. The number of halogens is 1. The molecular formula is C19H20FN3O3. The first kappa shape index (κ1) is 18.0. The molecule has 2 N–H and O–H groups in total. The van der Waals surface area contributed by atoms with Crippen LogP contribution in [0.5, 0.6) is 0 Å². The highest BCUT2D eigenvalue weighted by Gasteiger charge is 2.17. The van der Waals surface area contributed by atoms with Crippen molar-refractivity contribution in [2.75, 3.05) is 13.2 Å². The topological polar surface area (TPSA) is 80.3 Å². The summed E-state index contributed by atoms with van der Waals surface area (Å²) in [5, 5.41) is 5.52. The van der Waals surface area contributed by atoms with Gasteiger partial charge in [-0.1, -0.05) is 12.1 Å². The molecule has 1 atom stereocenters. The summed E-state index contributed by atoms with van der Waals surface area (Å²) in [5.74, 6) is -0.970. The summed E-state index contributed by atoms with van der Waals surface area (Å²) in [6.07, 6.45) is 4.81. The Hall–Kier alpha value is -2.80. The van der Waals surface area contributed by atoms with Gasteiger partial charge in [-0.05, 0) is 36.6 Å². The first-order valence-electron chi connectivity index (χ1n) is 8.49. The molecule has 1 fully saturated rings. The largest absolute Gasteiger partial charge is 0.376 e. The predicted molar refractivity (Wildman–Crippen MR) is 93.1 cm³/mol. The number of pyridine rings is 1. The van der Waals surface area contributed by atoms with Crippen LogP contribution in [0.1, 0.15) is 39.1 Å². The number of benzene rings is 1. The summed E-state index contributed by atoms with van der Waals surface area (Å²) in [6, 6.07) is 7.37. The summed E-state index contributed by atoms with van der Waals surface area (Å²) in [7, 11) is 0. The normalized spacial score (nSPS) is 16.3. The Kier molecular flexibility index (Phi) is 5.91. The van der Waals surface area contributed by atoms with Crippen molar-refractivity contribution in [2.24, 2.45) is 0 Å². The van der Waals surface area contributed by atoms with E-state index < -0.39 is 0 Å². The maximum Gasteiger partial charge on any atom is 0.253 e. The number of ether oxygens (including phenoxy) is 1. The standard InChI is InChI=1S/C19H20FN3O3/c20-16-5-3-13(4-6-16)9-22-18(24)14-8-15(11-21-10-14)19(25)23-12-17-2-1-7-26-17/h3-6,8,10-11,17H,1-2,7,9,12H2,(H,22,24)(H,23,25). The molecule has 136 valence electrons. The predicted octanol–water partition coefficient (Wildman–Crippen LogP) is 2.06. The average Bonchev–Trinajstić information content (AvgIpc) is 3.19. The van der Waals surface area contributed by atoms with Crippen LogP contribution in [0.3, 0.4) is 0 Å². The van der Waals surface area contributed by atoms with Crippen LogP contribution in [-0.4, -0.2) is 36.1 Å². The van der Waals surface area contributed by atoms with E-state index in [0.29, 0.717) is 12.1 Å². The molecule has 6 nitrogen and oxygen atoms in total. The van der Waals surface area contributed by atoms with Crippen LogP contribution in [0.15, 0.2) is 42.7 Å². The van der Waals surface area contributed by atoms with Crippen molar-refractivity contribution >= 4 is 11.8 Å². The molecule has 0 saturated carbocycles. The zero-order valence-corrected chi connectivity index (χ0v) is 14.2. The van der Waals surface area contributed by atoms with Gasteiger partial charge in [-0.15, -0.1) is 0 Å². The second-order valence-corrected chi connectivity index (χ2v) is 6.12. The molecule has 7 heteroatoms. The first-order valence-corrected chi connectivity index (χ1v) is 8.49. The van der Waals surface area contributed by atoms with Crippen LogP contribution >= 0.6 is 0 Å². The van der Waals surface area contributed by atoms with Crippen LogP contribution in [-0.2, 0) is 11.3 Å². The molecule has 1 aliphatic rings. The van der Waals surface area contributed by atoms with E-state index in [1.165, 1.54) is 30.6 Å². The number of aromatic nitrogens is 1. The SMILES string of the molecule is O=C(NCc1ccc(F)cc1)c1cncc(C(=O)NCC2CCCO2)c1. The molecule has 1 aliphatic heterocycles. The molecule has 1 aromatic carbocycles. The van der Waals surface area contributed by atoms with Crippen LogP contribution in [0.4, 0.5) is 4.39 Å². The smallest absolute Gasteiger partial charge is 0.253 e. The van der Waals surface area contributed by atoms with Crippen molar-refractivity contribution < 1.29 is 18.7 Å². The monoisotopic (exact) mass is 357 g/mol. The van der Waals surface area contributed by atoms with Gasteiger partial charge in [0, 0.05) is 32.1 Å². The van der Waals surface area contributed by atoms with Crippen molar-refractivity contribution in [1.29, 1.82) is 0 Å². The number of hydrogen-bond donors (Lipinski definition) is 2. The molecule has 3 rings (SSSR count). The van der Waals surface area contributed by atoms with Crippen molar-refractivity contribution in [3.63, 3.8) is 0 Å². The quantitative estimate of drug-likeness (QED) is 0.829. The van der Waals surface area contributed by atoms with E-state index in [0.717, 1.165) is 25.0 Å². The van der Waals surface area contributed by atoms with Gasteiger partial charge >= 0.3 is 0 Å². The third kappa shape index (κ3) is 4.86. The number of amides is 2. The molecule has 26 heavy (non-hydrogen) atoms. The second kappa shape index (κ2) is 8.53. The van der Waals surface area contributed by atoms with Gasteiger partial charge in [0.2, 0.25) is 0 Å². The van der Waals surface area contributed by atoms with Gasteiger partial charge in [0.05, 0.1) is 17.2 Å². The number of hydrogen-bond acceptors (Lipinski definition) is 4. The molecule has 0 bridgehead atoms. The number of rotatable bonds is 6. The van der Waals surface area contributed by atoms with Gasteiger partial charge in [0.25, 0.3) is 11.8 Å². The van der Waals surface area contributed by atoms with Crippen molar-refractivity contribution in [2.45, 2.75) is 25.5 Å². The number of nitrogens with one attached hydrogen (secondary N) is 2. The maximum absolute atomic E-state index is 12.9. The number of carbonyl (C=O) groups is 2. The van der Waals surface area contributed by atoms with E-state index in [1.807, 2.05) is 0 Å². The van der Waals surface area contributed by atoms with Gasteiger partial charge < -0.3 is 15.4 Å². The summed E-state index contributed by atoms with van der Waals surface area (Å²) < 4.78 is 18.4. The molecule has 2 heterocycles. The van der Waals surface area contributed by atoms with Crippen LogP contribution < -0.4 is 10.6 Å². The van der Waals surface area contributed by atoms with E-state index in [4.69, 9.17) is 4.74 Å². The van der Waals surface area contributed by atoms with Gasteiger partial charge in [-0.3, -0.25) is 14.6 Å². The zero-order valence-electron chi connectivity index (χ0n) is 14.2. The van der Waals surface area contributed by atoms with Crippen molar-refractivity contribution in [3.8, 4) is 0 Å². The molecule has 0 aliphatic carbocycles. The highest BCUT2D eigenvalue weighted by atomic mass is 19.1. The lowest BCUT2D eigenvalue weighted by atomic mass is 10.1. The third-order valence-electron chi connectivity index (χ3n) is 4.14. The lowest BCUT2D eigenvalue weighted by Gasteiger charge is -2.11. The average molecular weight is 357 g/mol. The summed E-state index contributed by atoms with van der Waals surface area (Å²) in [6.45, 7) is 1.43. The summed E-state index contributed by atoms with van der Waals surface area (Å²) in [5.41, 5.74) is 1.38. The fourth-order valence-corrected chi connectivity index (χ4v) is 2.69. The Labute approximate surface area is 150 Å². The molecule has 0 radical (unpaired) electrons. The molecule has 2 aromatic rings. The second-order valence-electron chi connectivity index (χ2n) is 6.12. The zero-order chi connectivity index (χ0) is 18.4. The van der Waals surface area contributed by atoms with Crippen molar-refractivity contribution in [1.82, 2.24) is 15.6 Å². The molecular weight excluding hydrogens is 337 g/mol. The van der Waals surface area contributed by atoms with Crippen LogP contribution in [0.25, 0.3) is 0 Å². The summed E-state index contributed by atoms with van der Waals surface area (Å²) in [4.78, 5) is 28.4. The van der Waals surface area contributed by atoms with Gasteiger partial charge in [-0.2, -0.15) is 0 Å². The number of nitrogens with zero attached hydrogens (tertiary/aromatic N) is 1. The first-order chi connectivity index (χ1) is 12.6. The van der Waals surface area contributed by atoms with E-state index in [1.54, 1.807) is 12.1 Å². The highest BCUT2D eigenvalue weighted by Crippen LogP contribution is 2.11. The Morgan fingerprint density at radius 2 is 1.81 bits per heavy atom. The number of carbonyl (C=O) groups excluding carboxylic acids is 2. The minimum Gasteiger partial charge on any atom is -0.376 e. The Bertz CT molecular complexity index is 774. The fourth-order valence-electron chi connectivity index (χ4n) is 2.69. The Balaban J connectivity index is 1.55. The lowest BCUT2D eigenvalue weighted by Crippen LogP contribution is -2.32. The molecule has 1 saturated heterocycles. The minimum atomic E-state index is -0.351. The minimum absolute atomic E-state index is 0.0501. The Morgan fingerprint density at radius 1 is 1.12 bits per heavy atom. The molecule has 1 aromatic heterocycles.